The summed E-state index contributed by atoms with van der Waals surface area (Å²) in [4.78, 5) is 0. The lowest BCUT2D eigenvalue weighted by molar-refractivity contribution is 0.317. The van der Waals surface area contributed by atoms with E-state index in [1.807, 2.05) is 0 Å². The molecule has 0 aliphatic heterocycles. The molecule has 0 fully saturated rings. The lowest BCUT2D eigenvalue weighted by atomic mass is 9.86. The molecule has 1 aliphatic carbocycles. The van der Waals surface area contributed by atoms with Crippen LogP contribution in [0, 0.1) is 12.0 Å². The normalized spacial score (nSPS) is 24.5. The van der Waals surface area contributed by atoms with E-state index in [0.717, 1.165) is 24.8 Å². The van der Waals surface area contributed by atoms with Crippen LogP contribution in [0.5, 0.6) is 0 Å². The Morgan fingerprint density at radius 2 is 2.55 bits per heavy atom. The molecule has 1 radical (unpaired) electrons. The van der Waals surface area contributed by atoms with Crippen molar-refractivity contribution in [1.29, 1.82) is 0 Å². The Labute approximate surface area is 68.4 Å². The molecular formula is C10H15O. The molecule has 0 aromatic heterocycles. The van der Waals surface area contributed by atoms with E-state index < -0.39 is 0 Å². The first kappa shape index (κ1) is 8.54. The maximum atomic E-state index is 8.79. The van der Waals surface area contributed by atoms with Gasteiger partial charge in [0.1, 0.15) is 0 Å². The maximum Gasteiger partial charge on any atom is 0.0647 e. The largest absolute Gasteiger partial charge is 0.392 e. The quantitative estimate of drug-likeness (QED) is 0.599. The summed E-state index contributed by atoms with van der Waals surface area (Å²) in [6.07, 6.45) is 6.29. The first-order valence-corrected chi connectivity index (χ1v) is 4.09. The third-order valence-corrected chi connectivity index (χ3v) is 2.28. The van der Waals surface area contributed by atoms with Gasteiger partial charge in [0.15, 0.2) is 0 Å². The molecule has 1 rings (SSSR count). The summed E-state index contributed by atoms with van der Waals surface area (Å²) in [5.74, 6) is 0.602. The minimum atomic E-state index is 0.183. The van der Waals surface area contributed by atoms with Crippen molar-refractivity contribution >= 4 is 0 Å². The molecule has 0 aromatic rings. The third-order valence-electron chi connectivity index (χ3n) is 2.28. The summed E-state index contributed by atoms with van der Waals surface area (Å²) < 4.78 is 0. The fraction of sp³-hybridized carbons (Fsp3) is 0.600. The van der Waals surface area contributed by atoms with Crippen molar-refractivity contribution in [3.05, 3.63) is 23.8 Å². The molecule has 0 aromatic carbocycles. The molecular weight excluding hydrogens is 136 g/mol. The van der Waals surface area contributed by atoms with Crippen molar-refractivity contribution in [2.45, 2.75) is 26.2 Å². The average molecular weight is 151 g/mol. The van der Waals surface area contributed by atoms with Gasteiger partial charge in [0.2, 0.25) is 0 Å². The Balaban J connectivity index is 2.47. The molecule has 0 saturated heterocycles. The van der Waals surface area contributed by atoms with Crippen molar-refractivity contribution in [2.24, 2.45) is 5.92 Å². The third kappa shape index (κ3) is 2.19. The lowest BCUT2D eigenvalue weighted by Crippen LogP contribution is -2.08. The van der Waals surface area contributed by atoms with Crippen molar-refractivity contribution in [1.82, 2.24) is 0 Å². The Morgan fingerprint density at radius 1 is 1.82 bits per heavy atom. The van der Waals surface area contributed by atoms with Gasteiger partial charge >= 0.3 is 0 Å². The molecule has 1 atom stereocenters. The molecule has 1 N–H and O–H groups in total. The molecule has 1 heteroatoms. The van der Waals surface area contributed by atoms with Crippen LogP contribution in [0.15, 0.2) is 17.7 Å². The molecule has 61 valence electrons. The zero-order valence-corrected chi connectivity index (χ0v) is 7.06. The molecule has 0 amide bonds. The van der Waals surface area contributed by atoms with Crippen LogP contribution in [-0.2, 0) is 0 Å². The van der Waals surface area contributed by atoms with Crippen LogP contribution in [0.3, 0.4) is 0 Å². The fourth-order valence-corrected chi connectivity index (χ4v) is 1.36. The molecule has 1 unspecified atom stereocenters. The number of aliphatic hydroxyl groups is 1. The smallest absolute Gasteiger partial charge is 0.0647 e. The number of hydrogen-bond donors (Lipinski definition) is 1. The molecule has 0 saturated carbocycles. The topological polar surface area (TPSA) is 20.2 Å². The van der Waals surface area contributed by atoms with Gasteiger partial charge in [0.05, 0.1) is 6.61 Å². The van der Waals surface area contributed by atoms with Crippen molar-refractivity contribution in [2.75, 3.05) is 6.61 Å². The summed E-state index contributed by atoms with van der Waals surface area (Å²) in [5, 5.41) is 8.79. The van der Waals surface area contributed by atoms with Crippen LogP contribution in [0.4, 0.5) is 0 Å². The van der Waals surface area contributed by atoms with Gasteiger partial charge in [-0.2, -0.15) is 0 Å². The van der Waals surface area contributed by atoms with Gasteiger partial charge in [0, 0.05) is 0 Å². The minimum absolute atomic E-state index is 0.183. The second-order valence-electron chi connectivity index (χ2n) is 3.22. The van der Waals surface area contributed by atoms with Gasteiger partial charge in [-0.1, -0.05) is 12.2 Å². The van der Waals surface area contributed by atoms with Crippen LogP contribution in [-0.4, -0.2) is 11.7 Å². The Morgan fingerprint density at radius 3 is 2.91 bits per heavy atom. The highest BCUT2D eigenvalue weighted by molar-refractivity contribution is 5.08. The SMILES string of the molecule is C=C(C)C1C[C]=C(CO)CC1. The van der Waals surface area contributed by atoms with Crippen LogP contribution < -0.4 is 0 Å². The average Bonchev–Trinajstić information content (AvgIpc) is 2.05. The van der Waals surface area contributed by atoms with E-state index in [9.17, 15) is 0 Å². The van der Waals surface area contributed by atoms with E-state index in [2.05, 4.69) is 19.6 Å². The van der Waals surface area contributed by atoms with Crippen molar-refractivity contribution < 1.29 is 5.11 Å². The first-order chi connectivity index (χ1) is 5.24. The van der Waals surface area contributed by atoms with Gasteiger partial charge in [-0.05, 0) is 43.8 Å². The molecule has 11 heavy (non-hydrogen) atoms. The van der Waals surface area contributed by atoms with Crippen molar-refractivity contribution in [3.8, 4) is 0 Å². The summed E-state index contributed by atoms with van der Waals surface area (Å²) in [7, 11) is 0. The second-order valence-corrected chi connectivity index (χ2v) is 3.22. The van der Waals surface area contributed by atoms with E-state index >= 15 is 0 Å². The highest BCUT2D eigenvalue weighted by Crippen LogP contribution is 2.26. The van der Waals surface area contributed by atoms with Gasteiger partial charge in [-0.25, -0.2) is 0 Å². The zero-order valence-electron chi connectivity index (χ0n) is 7.06. The first-order valence-electron chi connectivity index (χ1n) is 4.09. The highest BCUT2D eigenvalue weighted by atomic mass is 16.3. The van der Waals surface area contributed by atoms with E-state index in [1.165, 1.54) is 5.57 Å². The second kappa shape index (κ2) is 3.72. The fourth-order valence-electron chi connectivity index (χ4n) is 1.36. The predicted octanol–water partition coefficient (Wildman–Crippen LogP) is 2.08. The van der Waals surface area contributed by atoms with E-state index in [1.54, 1.807) is 0 Å². The Hall–Kier alpha value is -0.560. The Bertz CT molecular complexity index is 179. The standard InChI is InChI=1S/C10H15O/c1-8(2)10-5-3-9(7-11)4-6-10/h10-11H,1,3,5-7H2,2H3. The predicted molar refractivity (Wildman–Crippen MR) is 46.0 cm³/mol. The number of aliphatic hydroxyl groups excluding tert-OH is 1. The summed E-state index contributed by atoms with van der Waals surface area (Å²) in [6, 6.07) is 0. The maximum absolute atomic E-state index is 8.79. The molecule has 0 spiro atoms. The van der Waals surface area contributed by atoms with Gasteiger partial charge < -0.3 is 5.11 Å². The van der Waals surface area contributed by atoms with E-state index in [4.69, 9.17) is 5.11 Å². The van der Waals surface area contributed by atoms with Crippen LogP contribution >= 0.6 is 0 Å². The summed E-state index contributed by atoms with van der Waals surface area (Å²) in [5.41, 5.74) is 2.32. The zero-order chi connectivity index (χ0) is 8.27. The van der Waals surface area contributed by atoms with Gasteiger partial charge in [0.25, 0.3) is 0 Å². The van der Waals surface area contributed by atoms with E-state index in [0.29, 0.717) is 5.92 Å². The molecule has 0 heterocycles. The number of rotatable bonds is 2. The number of hydrogen-bond acceptors (Lipinski definition) is 1. The lowest BCUT2D eigenvalue weighted by Gasteiger charge is -2.20. The number of allylic oxidation sites excluding steroid dienone is 2. The van der Waals surface area contributed by atoms with Crippen molar-refractivity contribution in [3.63, 3.8) is 0 Å². The molecule has 1 nitrogen and oxygen atoms in total. The van der Waals surface area contributed by atoms with Gasteiger partial charge in [-0.15, -0.1) is 0 Å². The highest BCUT2D eigenvalue weighted by Gasteiger charge is 2.14. The van der Waals surface area contributed by atoms with Crippen LogP contribution in [0.1, 0.15) is 26.2 Å². The monoisotopic (exact) mass is 151 g/mol. The summed E-state index contributed by atoms with van der Waals surface area (Å²) >= 11 is 0. The van der Waals surface area contributed by atoms with E-state index in [-0.39, 0.29) is 6.61 Å². The summed E-state index contributed by atoms with van der Waals surface area (Å²) in [6.45, 7) is 6.17. The van der Waals surface area contributed by atoms with Gasteiger partial charge in [-0.3, -0.25) is 0 Å². The van der Waals surface area contributed by atoms with Crippen LogP contribution in [0.2, 0.25) is 0 Å². The van der Waals surface area contributed by atoms with Crippen LogP contribution in [0.25, 0.3) is 0 Å². The molecule has 0 bridgehead atoms. The minimum Gasteiger partial charge on any atom is -0.392 e. The molecule has 1 aliphatic rings. The Kier molecular flexibility index (Phi) is 2.89.